The molecule has 0 bridgehead atoms. The van der Waals surface area contributed by atoms with Gasteiger partial charge in [-0.15, -0.1) is 29.7 Å². The van der Waals surface area contributed by atoms with Crippen LogP contribution in [0.1, 0.15) is 41.8 Å². The molecule has 0 saturated heterocycles. The Labute approximate surface area is 272 Å². The first-order chi connectivity index (χ1) is 17.2. The molecule has 0 saturated carbocycles. The number of nitrogens with zero attached hydrogens (tertiary/aromatic N) is 1. The summed E-state index contributed by atoms with van der Waals surface area (Å²) in [5.74, 6) is -0.975. The van der Waals surface area contributed by atoms with Crippen LogP contribution in [0.2, 0.25) is 0 Å². The van der Waals surface area contributed by atoms with E-state index in [0.717, 1.165) is 28.6 Å². The number of esters is 1. The van der Waals surface area contributed by atoms with Gasteiger partial charge in [-0.2, -0.15) is 0 Å². The van der Waals surface area contributed by atoms with Crippen molar-refractivity contribution in [2.45, 2.75) is 37.0 Å². The molecule has 13 heteroatoms. The van der Waals surface area contributed by atoms with Gasteiger partial charge in [-0.25, -0.2) is 26.2 Å². The van der Waals surface area contributed by atoms with Gasteiger partial charge in [-0.1, -0.05) is 17.5 Å². The molecule has 3 aromatic rings. The maximum Gasteiger partial charge on any atom is 1.00 e. The summed E-state index contributed by atoms with van der Waals surface area (Å²) in [6.45, 7) is 4.14. The number of hydrogen-bond donors (Lipinski definition) is 0. The van der Waals surface area contributed by atoms with Crippen LogP contribution in [0.5, 0.6) is 0 Å². The van der Waals surface area contributed by atoms with Crippen molar-refractivity contribution in [1.29, 1.82) is 0 Å². The third-order valence-corrected chi connectivity index (χ3v) is 8.53. The fourth-order valence-corrected chi connectivity index (χ4v) is 5.96. The first kappa shape index (κ1) is 34.1. The molecule has 1 aliphatic rings. The summed E-state index contributed by atoms with van der Waals surface area (Å²) in [5.41, 5.74) is 2.96. The standard InChI is InChI=1S/C26H27NO8S2.2Na/c1-17-26(2,16-18-5-7-20(8-6-18)25(28)35-3)24-22-15-21(37(32,33)34)11-9-19(22)10-12-23(24)27(17)13-4-14-36(29,30)31;;/h5-8,10-12,15H,4,13-14,16H2,1-3H3,(H,29,30,31)(H,32,33,34);;/q;2*+1/p-2. The van der Waals surface area contributed by atoms with Crippen LogP contribution in [-0.4, -0.2) is 61.6 Å². The van der Waals surface area contributed by atoms with Gasteiger partial charge in [0.25, 0.3) is 0 Å². The van der Waals surface area contributed by atoms with Gasteiger partial charge >= 0.3 is 65.1 Å². The molecule has 1 heterocycles. The number of hydrogen-bond acceptors (Lipinski definition) is 8. The molecule has 4 rings (SSSR count). The molecule has 0 spiro atoms. The third-order valence-electron chi connectivity index (χ3n) is 6.92. The average Bonchev–Trinajstić information content (AvgIpc) is 3.04. The van der Waals surface area contributed by atoms with Gasteiger partial charge in [-0.05, 0) is 42.0 Å². The molecule has 196 valence electrons. The minimum absolute atomic E-state index is 0. The second-order valence-corrected chi connectivity index (χ2v) is 12.2. The zero-order valence-electron chi connectivity index (χ0n) is 22.5. The van der Waals surface area contributed by atoms with Crippen LogP contribution < -0.4 is 59.1 Å². The molecule has 1 unspecified atom stereocenters. The molecule has 0 aromatic heterocycles. The van der Waals surface area contributed by atoms with E-state index in [9.17, 15) is 30.7 Å². The Balaban J connectivity index is 0.00000267. The Bertz CT molecular complexity index is 1650. The summed E-state index contributed by atoms with van der Waals surface area (Å²) >= 11 is 0. The second kappa shape index (κ2) is 12.8. The van der Waals surface area contributed by atoms with E-state index in [0.29, 0.717) is 22.8 Å². The number of rotatable bonds is 8. The van der Waals surface area contributed by atoms with Gasteiger partial charge < -0.3 is 13.8 Å². The van der Waals surface area contributed by atoms with E-state index in [-0.39, 0.29) is 72.1 Å². The molecular weight excluding hydrogens is 564 g/mol. The number of ether oxygens (including phenoxy) is 1. The van der Waals surface area contributed by atoms with Crippen LogP contribution in [0.15, 0.2) is 53.4 Å². The fraction of sp³-hybridized carbons (Fsp3) is 0.308. The molecule has 0 amide bonds. The van der Waals surface area contributed by atoms with E-state index in [1.54, 1.807) is 18.2 Å². The topological polar surface area (TPSA) is 144 Å². The van der Waals surface area contributed by atoms with E-state index < -0.39 is 42.3 Å². The fourth-order valence-electron chi connectivity index (χ4n) is 5.01. The summed E-state index contributed by atoms with van der Waals surface area (Å²) in [7, 11) is -7.81. The van der Waals surface area contributed by atoms with Gasteiger partial charge in [0.1, 0.15) is 6.54 Å². The van der Waals surface area contributed by atoms with Crippen molar-refractivity contribution in [3.63, 3.8) is 0 Å². The first-order valence-electron chi connectivity index (χ1n) is 11.4. The van der Waals surface area contributed by atoms with Gasteiger partial charge in [0.15, 0.2) is 11.4 Å². The van der Waals surface area contributed by atoms with Gasteiger partial charge in [0.2, 0.25) is 0 Å². The zero-order valence-corrected chi connectivity index (χ0v) is 28.1. The van der Waals surface area contributed by atoms with Crippen molar-refractivity contribution in [2.75, 3.05) is 19.4 Å². The number of fused-ring (bicyclic) bond motifs is 3. The number of methoxy groups -OCH3 is 1. The first-order valence-corrected chi connectivity index (χ1v) is 14.4. The summed E-state index contributed by atoms with van der Waals surface area (Å²) in [6, 6.07) is 15.9. The Hall–Kier alpha value is -1.12. The van der Waals surface area contributed by atoms with Crippen molar-refractivity contribution in [2.24, 2.45) is 0 Å². The molecule has 1 aliphatic heterocycles. The molecule has 0 N–H and O–H groups in total. The van der Waals surface area contributed by atoms with E-state index in [4.69, 9.17) is 4.74 Å². The van der Waals surface area contributed by atoms with Crippen LogP contribution in [-0.2, 0) is 36.8 Å². The summed E-state index contributed by atoms with van der Waals surface area (Å²) in [6.07, 6.45) is 0.558. The SMILES string of the molecule is COC(=O)c1ccc(CC2(C)C(C)=[N+](CCCS(=O)(=O)[O-])c3ccc4[c-]cc(S(=O)(=O)[O-])cc4c32)cc1.[Na+].[Na+]. The molecule has 0 fully saturated rings. The van der Waals surface area contributed by atoms with E-state index >= 15 is 0 Å². The van der Waals surface area contributed by atoms with E-state index in [1.807, 2.05) is 36.6 Å². The molecule has 39 heavy (non-hydrogen) atoms. The Morgan fingerprint density at radius 1 is 1.05 bits per heavy atom. The number of carbonyl (C=O) groups is 1. The number of carbonyl (C=O) groups excluding carboxylic acids is 1. The molecule has 0 aliphatic carbocycles. The molecule has 0 radical (unpaired) electrons. The number of benzene rings is 3. The Morgan fingerprint density at radius 2 is 1.69 bits per heavy atom. The normalized spacial score (nSPS) is 16.8. The van der Waals surface area contributed by atoms with Crippen LogP contribution in [0.3, 0.4) is 0 Å². The largest absolute Gasteiger partial charge is 1.00 e. The van der Waals surface area contributed by atoms with Gasteiger partial charge in [0.05, 0.1) is 38.3 Å². The minimum Gasteiger partial charge on any atom is -0.752 e. The summed E-state index contributed by atoms with van der Waals surface area (Å²) in [4.78, 5) is 11.4. The smallest absolute Gasteiger partial charge is 0.752 e. The van der Waals surface area contributed by atoms with Crippen molar-refractivity contribution >= 4 is 48.4 Å². The van der Waals surface area contributed by atoms with Crippen LogP contribution in [0, 0.1) is 6.07 Å². The van der Waals surface area contributed by atoms with Crippen LogP contribution >= 0.6 is 0 Å². The molecule has 1 atom stereocenters. The van der Waals surface area contributed by atoms with Crippen molar-refractivity contribution < 1.29 is 99.2 Å². The van der Waals surface area contributed by atoms with Crippen LogP contribution in [0.25, 0.3) is 10.8 Å². The minimum atomic E-state index is -4.73. The van der Waals surface area contributed by atoms with Crippen LogP contribution in [0.4, 0.5) is 5.69 Å². The maximum absolute atomic E-state index is 11.8. The molecule has 3 aromatic carbocycles. The van der Waals surface area contributed by atoms with Gasteiger partial charge in [-0.3, -0.25) is 0 Å². The van der Waals surface area contributed by atoms with E-state index in [1.165, 1.54) is 13.2 Å². The zero-order chi connectivity index (χ0) is 27.2. The predicted molar refractivity (Wildman–Crippen MR) is 134 cm³/mol. The van der Waals surface area contributed by atoms with Crippen molar-refractivity contribution in [1.82, 2.24) is 0 Å². The summed E-state index contributed by atoms with van der Waals surface area (Å²) in [5, 5.41) is 1.16. The second-order valence-electron chi connectivity index (χ2n) is 9.26. The third kappa shape index (κ3) is 7.21. The predicted octanol–water partition coefficient (Wildman–Crippen LogP) is -3.11. The van der Waals surface area contributed by atoms with E-state index in [2.05, 4.69) is 6.07 Å². The summed E-state index contributed by atoms with van der Waals surface area (Å²) < 4.78 is 75.7. The maximum atomic E-state index is 11.8. The molecule has 9 nitrogen and oxygen atoms in total. The Kier molecular flexibility index (Phi) is 11.2. The average molecular weight is 590 g/mol. The molecular formula is C26H25NNa2O8S2. The van der Waals surface area contributed by atoms with Crippen molar-refractivity contribution in [3.8, 4) is 0 Å². The van der Waals surface area contributed by atoms with Gasteiger partial charge in [0, 0.05) is 24.7 Å². The van der Waals surface area contributed by atoms with Crippen molar-refractivity contribution in [3.05, 3.63) is 71.3 Å². The quantitative estimate of drug-likeness (QED) is 0.0884. The Morgan fingerprint density at radius 3 is 2.26 bits per heavy atom. The monoisotopic (exact) mass is 589 g/mol.